The van der Waals surface area contributed by atoms with Gasteiger partial charge in [0.2, 0.25) is 0 Å². The fraction of sp³-hybridized carbons (Fsp3) is 0.286. The lowest BCUT2D eigenvalue weighted by Crippen LogP contribution is -2.34. The molecule has 2 aromatic rings. The molecule has 0 amide bonds. The molecule has 1 aromatic carbocycles. The van der Waals surface area contributed by atoms with E-state index >= 15 is 0 Å². The molecule has 2 N–H and O–H groups in total. The normalized spacial score (nSPS) is 11.8. The van der Waals surface area contributed by atoms with Gasteiger partial charge in [0.05, 0.1) is 17.8 Å². The molecule has 23 heavy (non-hydrogen) atoms. The van der Waals surface area contributed by atoms with Crippen molar-refractivity contribution in [1.82, 2.24) is 15.6 Å². The summed E-state index contributed by atoms with van der Waals surface area (Å²) in [5, 5.41) is 8.50. The summed E-state index contributed by atoms with van der Waals surface area (Å²) in [6.07, 6.45) is -4.32. The molecule has 1 aromatic heterocycles. The SMILES string of the molecule is CN=C(NC)NCc1csc(-c2ccc(C(F)(F)F)cc2)n1.I. The van der Waals surface area contributed by atoms with E-state index in [1.807, 2.05) is 5.38 Å². The Labute approximate surface area is 153 Å². The van der Waals surface area contributed by atoms with E-state index in [1.165, 1.54) is 23.5 Å². The minimum Gasteiger partial charge on any atom is -0.359 e. The van der Waals surface area contributed by atoms with E-state index < -0.39 is 11.7 Å². The summed E-state index contributed by atoms with van der Waals surface area (Å²) in [5.74, 6) is 0.643. The number of aromatic nitrogens is 1. The zero-order valence-electron chi connectivity index (χ0n) is 12.4. The molecule has 0 aliphatic carbocycles. The quantitative estimate of drug-likeness (QED) is 0.421. The van der Waals surface area contributed by atoms with Crippen LogP contribution >= 0.6 is 35.3 Å². The zero-order chi connectivity index (χ0) is 16.2. The van der Waals surface area contributed by atoms with Crippen molar-refractivity contribution in [3.63, 3.8) is 0 Å². The maximum Gasteiger partial charge on any atom is 0.416 e. The highest BCUT2D eigenvalue weighted by Crippen LogP contribution is 2.31. The van der Waals surface area contributed by atoms with Gasteiger partial charge in [-0.2, -0.15) is 13.2 Å². The third-order valence-electron chi connectivity index (χ3n) is 2.91. The average Bonchev–Trinajstić information content (AvgIpc) is 2.96. The van der Waals surface area contributed by atoms with Crippen LogP contribution in [0.1, 0.15) is 11.3 Å². The molecule has 0 saturated carbocycles. The van der Waals surface area contributed by atoms with E-state index in [-0.39, 0.29) is 24.0 Å². The highest BCUT2D eigenvalue weighted by molar-refractivity contribution is 14.0. The van der Waals surface area contributed by atoms with Crippen LogP contribution in [0.3, 0.4) is 0 Å². The van der Waals surface area contributed by atoms with Crippen LogP contribution < -0.4 is 10.6 Å². The number of benzene rings is 1. The largest absolute Gasteiger partial charge is 0.416 e. The summed E-state index contributed by atoms with van der Waals surface area (Å²) in [7, 11) is 3.41. The topological polar surface area (TPSA) is 49.3 Å². The number of rotatable bonds is 3. The second-order valence-corrected chi connectivity index (χ2v) is 5.25. The third kappa shape index (κ3) is 5.34. The van der Waals surface area contributed by atoms with Crippen LogP contribution in [0.4, 0.5) is 13.2 Å². The lowest BCUT2D eigenvalue weighted by Gasteiger charge is -2.07. The number of nitrogens with zero attached hydrogens (tertiary/aromatic N) is 2. The van der Waals surface area contributed by atoms with Crippen molar-refractivity contribution in [2.45, 2.75) is 12.7 Å². The van der Waals surface area contributed by atoms with Crippen LogP contribution in [0.5, 0.6) is 0 Å². The van der Waals surface area contributed by atoms with Gasteiger partial charge in [-0.1, -0.05) is 12.1 Å². The molecule has 0 aliphatic rings. The van der Waals surface area contributed by atoms with Crippen LogP contribution in [0.25, 0.3) is 10.6 Å². The van der Waals surface area contributed by atoms with E-state index in [4.69, 9.17) is 0 Å². The van der Waals surface area contributed by atoms with Gasteiger partial charge in [-0.25, -0.2) is 4.98 Å². The first-order valence-corrected chi connectivity index (χ1v) is 7.32. The maximum atomic E-state index is 12.5. The molecule has 0 radical (unpaired) electrons. The molecule has 0 bridgehead atoms. The second-order valence-electron chi connectivity index (χ2n) is 4.39. The van der Waals surface area contributed by atoms with Gasteiger partial charge in [-0.3, -0.25) is 4.99 Å². The molecule has 0 spiro atoms. The first-order chi connectivity index (χ1) is 10.4. The molecular weight excluding hydrogens is 440 g/mol. The predicted octanol–water partition coefficient (Wildman–Crippen LogP) is 3.74. The Morgan fingerprint density at radius 1 is 1.26 bits per heavy atom. The van der Waals surface area contributed by atoms with Crippen molar-refractivity contribution >= 4 is 41.3 Å². The van der Waals surface area contributed by atoms with Crippen molar-refractivity contribution in [3.05, 3.63) is 40.9 Å². The Balaban J connectivity index is 0.00000264. The smallest absolute Gasteiger partial charge is 0.359 e. The van der Waals surface area contributed by atoms with Crippen molar-refractivity contribution < 1.29 is 13.2 Å². The molecule has 2 rings (SSSR count). The van der Waals surface area contributed by atoms with Crippen LogP contribution in [0, 0.1) is 0 Å². The lowest BCUT2D eigenvalue weighted by atomic mass is 10.1. The molecular formula is C14H16F3IN4S. The molecule has 9 heteroatoms. The van der Waals surface area contributed by atoms with Gasteiger partial charge in [0, 0.05) is 25.0 Å². The van der Waals surface area contributed by atoms with Crippen LogP contribution in [0.2, 0.25) is 0 Å². The highest BCUT2D eigenvalue weighted by Gasteiger charge is 2.30. The van der Waals surface area contributed by atoms with E-state index in [0.29, 0.717) is 23.1 Å². The van der Waals surface area contributed by atoms with Gasteiger partial charge in [0.1, 0.15) is 5.01 Å². The van der Waals surface area contributed by atoms with E-state index in [0.717, 1.165) is 17.8 Å². The first-order valence-electron chi connectivity index (χ1n) is 6.44. The number of nitrogens with one attached hydrogen (secondary N) is 2. The molecule has 1 heterocycles. The van der Waals surface area contributed by atoms with Crippen molar-refractivity contribution in [1.29, 1.82) is 0 Å². The van der Waals surface area contributed by atoms with Gasteiger partial charge in [0.25, 0.3) is 0 Å². The molecule has 0 atom stereocenters. The number of guanidine groups is 1. The zero-order valence-corrected chi connectivity index (χ0v) is 15.6. The van der Waals surface area contributed by atoms with Gasteiger partial charge in [-0.15, -0.1) is 35.3 Å². The fourth-order valence-electron chi connectivity index (χ4n) is 1.78. The summed E-state index contributed by atoms with van der Waals surface area (Å²) < 4.78 is 37.6. The first kappa shape index (κ1) is 19.7. The Morgan fingerprint density at radius 2 is 1.91 bits per heavy atom. The van der Waals surface area contributed by atoms with Crippen LogP contribution in [-0.2, 0) is 12.7 Å². The van der Waals surface area contributed by atoms with Crippen LogP contribution in [-0.4, -0.2) is 25.0 Å². The number of aliphatic imine (C=N–C) groups is 1. The standard InChI is InChI=1S/C14H15F3N4S.HI/c1-18-13(19-2)20-7-11-8-22-12(21-11)9-3-5-10(6-4-9)14(15,16)17;/h3-6,8H,7H2,1-2H3,(H2,18,19,20);1H. The Kier molecular flexibility index (Phi) is 7.26. The Bertz CT molecular complexity index is 653. The summed E-state index contributed by atoms with van der Waals surface area (Å²) in [6.45, 7) is 0.491. The monoisotopic (exact) mass is 456 g/mol. The summed E-state index contributed by atoms with van der Waals surface area (Å²) in [4.78, 5) is 8.39. The predicted molar refractivity (Wildman–Crippen MR) is 97.2 cm³/mol. The van der Waals surface area contributed by atoms with Crippen LogP contribution in [0.15, 0.2) is 34.6 Å². The molecule has 0 fully saturated rings. The van der Waals surface area contributed by atoms with Gasteiger partial charge >= 0.3 is 6.18 Å². The Morgan fingerprint density at radius 3 is 2.43 bits per heavy atom. The molecule has 126 valence electrons. The number of alkyl halides is 3. The number of thiazole rings is 1. The van der Waals surface area contributed by atoms with Crippen molar-refractivity contribution in [2.75, 3.05) is 14.1 Å². The van der Waals surface area contributed by atoms with E-state index in [2.05, 4.69) is 20.6 Å². The molecule has 0 aliphatic heterocycles. The van der Waals surface area contributed by atoms with Gasteiger partial charge in [-0.05, 0) is 12.1 Å². The molecule has 0 unspecified atom stereocenters. The van der Waals surface area contributed by atoms with Gasteiger partial charge in [0.15, 0.2) is 5.96 Å². The number of halogens is 4. The lowest BCUT2D eigenvalue weighted by molar-refractivity contribution is -0.137. The third-order valence-corrected chi connectivity index (χ3v) is 3.85. The van der Waals surface area contributed by atoms with Gasteiger partial charge < -0.3 is 10.6 Å². The van der Waals surface area contributed by atoms with E-state index in [1.54, 1.807) is 14.1 Å². The minimum absolute atomic E-state index is 0. The summed E-state index contributed by atoms with van der Waals surface area (Å²) >= 11 is 1.39. The average molecular weight is 456 g/mol. The number of hydrogen-bond acceptors (Lipinski definition) is 3. The number of hydrogen-bond donors (Lipinski definition) is 2. The van der Waals surface area contributed by atoms with Crippen molar-refractivity contribution in [3.8, 4) is 10.6 Å². The van der Waals surface area contributed by atoms with Crippen molar-refractivity contribution in [2.24, 2.45) is 4.99 Å². The summed E-state index contributed by atoms with van der Waals surface area (Å²) in [6, 6.07) is 5.01. The maximum absolute atomic E-state index is 12.5. The minimum atomic E-state index is -4.32. The molecule has 0 saturated heterocycles. The summed E-state index contributed by atoms with van der Waals surface area (Å²) in [5.41, 5.74) is 0.811. The fourth-order valence-corrected chi connectivity index (χ4v) is 2.60. The highest BCUT2D eigenvalue weighted by atomic mass is 127. The van der Waals surface area contributed by atoms with E-state index in [9.17, 15) is 13.2 Å². The Hall–Kier alpha value is -1.36. The second kappa shape index (κ2) is 8.48. The molecule has 4 nitrogen and oxygen atoms in total.